The highest BCUT2D eigenvalue weighted by molar-refractivity contribution is 8.78. The molecule has 1 rings (SSSR count). The Balaban J connectivity index is 2.71. The third kappa shape index (κ3) is 0.888. The molecule has 1 aliphatic heterocycles. The van der Waals surface area contributed by atoms with Gasteiger partial charge in [-0.05, 0) is 10.8 Å². The van der Waals surface area contributed by atoms with E-state index in [-0.39, 0.29) is 5.37 Å². The lowest BCUT2D eigenvalue weighted by Crippen LogP contribution is -2.22. The van der Waals surface area contributed by atoms with Gasteiger partial charge in [-0.25, -0.2) is 0 Å². The Kier molecular flexibility index (Phi) is 1.59. The van der Waals surface area contributed by atoms with Gasteiger partial charge in [0.05, 0.1) is 10.7 Å². The van der Waals surface area contributed by atoms with Gasteiger partial charge in [0, 0.05) is 0 Å². The van der Waals surface area contributed by atoms with Gasteiger partial charge < -0.3 is 17.2 Å². The van der Waals surface area contributed by atoms with E-state index in [1.54, 1.807) is 0 Å². The molecule has 1 atom stereocenters. The normalized spacial score (nSPS) is 29.4. The van der Waals surface area contributed by atoms with Crippen molar-refractivity contribution >= 4 is 21.6 Å². The van der Waals surface area contributed by atoms with Crippen molar-refractivity contribution in [1.29, 1.82) is 0 Å². The molecule has 0 spiro atoms. The maximum absolute atomic E-state index is 5.45. The Bertz CT molecular complexity index is 132. The molecule has 0 aliphatic carbocycles. The fourth-order valence-corrected chi connectivity index (χ4v) is 2.30. The Hall–Kier alpha value is -0.000000000000000111. The summed E-state index contributed by atoms with van der Waals surface area (Å²) in [6.07, 6.45) is 0. The molecule has 6 N–H and O–H groups in total. The minimum absolute atomic E-state index is 0.0972. The Labute approximate surface area is 55.4 Å². The maximum Gasteiger partial charge on any atom is 0.104 e. The maximum atomic E-state index is 5.45. The molecule has 0 amide bonds. The monoisotopic (exact) mass is 149 g/mol. The molecule has 8 heavy (non-hydrogen) atoms. The lowest BCUT2D eigenvalue weighted by atomic mass is 10.5. The summed E-state index contributed by atoms with van der Waals surface area (Å²) >= 11 is 0. The largest absolute Gasteiger partial charge is 0.398 e. The number of rotatable bonds is 0. The second kappa shape index (κ2) is 2.08. The molecule has 1 unspecified atom stereocenters. The van der Waals surface area contributed by atoms with Gasteiger partial charge in [0.15, 0.2) is 0 Å². The third-order valence-corrected chi connectivity index (χ3v) is 3.25. The van der Waals surface area contributed by atoms with Crippen LogP contribution in [0.25, 0.3) is 0 Å². The Morgan fingerprint density at radius 2 is 2.00 bits per heavy atom. The standard InChI is InChI=1S/C3H7N3S2/c4-1-2(5)7-8-3(1)6/h2H,4-6H2. The van der Waals surface area contributed by atoms with Gasteiger partial charge in [0.25, 0.3) is 0 Å². The molecule has 0 aromatic carbocycles. The zero-order valence-corrected chi connectivity index (χ0v) is 5.76. The first-order valence-corrected chi connectivity index (χ1v) is 4.27. The van der Waals surface area contributed by atoms with E-state index in [0.717, 1.165) is 0 Å². The van der Waals surface area contributed by atoms with Crippen LogP contribution < -0.4 is 17.2 Å². The summed E-state index contributed by atoms with van der Waals surface area (Å²) in [5.74, 6) is 0. The number of hydrogen-bond donors (Lipinski definition) is 3. The average Bonchev–Trinajstić information content (AvgIpc) is 1.98. The van der Waals surface area contributed by atoms with Gasteiger partial charge in [0.1, 0.15) is 5.37 Å². The van der Waals surface area contributed by atoms with Crippen LogP contribution in [0.1, 0.15) is 0 Å². The van der Waals surface area contributed by atoms with Crippen molar-refractivity contribution in [2.75, 3.05) is 0 Å². The first-order chi connectivity index (χ1) is 3.72. The predicted molar refractivity (Wildman–Crippen MR) is 38.6 cm³/mol. The molecular weight excluding hydrogens is 142 g/mol. The second-order valence-electron chi connectivity index (χ2n) is 1.42. The third-order valence-electron chi connectivity index (χ3n) is 0.833. The second-order valence-corrected chi connectivity index (χ2v) is 3.80. The van der Waals surface area contributed by atoms with E-state index >= 15 is 0 Å². The molecule has 0 fully saturated rings. The van der Waals surface area contributed by atoms with Crippen LogP contribution in [0.3, 0.4) is 0 Å². The number of hydrogen-bond acceptors (Lipinski definition) is 5. The van der Waals surface area contributed by atoms with Crippen LogP contribution in [-0.2, 0) is 0 Å². The first kappa shape index (κ1) is 6.12. The molecule has 3 nitrogen and oxygen atoms in total. The molecule has 0 saturated heterocycles. The van der Waals surface area contributed by atoms with E-state index in [2.05, 4.69) is 0 Å². The molecule has 5 heteroatoms. The molecule has 1 heterocycles. The molecule has 0 bridgehead atoms. The van der Waals surface area contributed by atoms with Gasteiger partial charge in [-0.1, -0.05) is 10.8 Å². The average molecular weight is 149 g/mol. The molecular formula is C3H7N3S2. The predicted octanol–water partition coefficient (Wildman–Crippen LogP) is -0.247. The Morgan fingerprint density at radius 3 is 2.12 bits per heavy atom. The SMILES string of the molecule is NC1=C(N)C(N)SS1. The van der Waals surface area contributed by atoms with E-state index in [9.17, 15) is 0 Å². The van der Waals surface area contributed by atoms with Crippen LogP contribution >= 0.6 is 21.6 Å². The van der Waals surface area contributed by atoms with Crippen molar-refractivity contribution in [3.8, 4) is 0 Å². The fraction of sp³-hybridized carbons (Fsp3) is 0.333. The van der Waals surface area contributed by atoms with E-state index in [1.165, 1.54) is 21.6 Å². The lowest BCUT2D eigenvalue weighted by Gasteiger charge is -1.97. The number of nitrogens with two attached hydrogens (primary N) is 3. The van der Waals surface area contributed by atoms with E-state index < -0.39 is 0 Å². The van der Waals surface area contributed by atoms with Crippen molar-refractivity contribution in [3.63, 3.8) is 0 Å². The molecule has 0 radical (unpaired) electrons. The van der Waals surface area contributed by atoms with Crippen molar-refractivity contribution in [1.82, 2.24) is 0 Å². The summed E-state index contributed by atoms with van der Waals surface area (Å²) in [6, 6.07) is 0. The van der Waals surface area contributed by atoms with Gasteiger partial charge in [-0.2, -0.15) is 0 Å². The van der Waals surface area contributed by atoms with E-state index in [1.807, 2.05) is 0 Å². The molecule has 0 aromatic heterocycles. The molecule has 46 valence electrons. The minimum Gasteiger partial charge on any atom is -0.398 e. The molecule has 1 aliphatic rings. The van der Waals surface area contributed by atoms with Crippen molar-refractivity contribution in [2.45, 2.75) is 5.37 Å². The summed E-state index contributed by atoms with van der Waals surface area (Å²) in [5, 5.41) is 0.558. The van der Waals surface area contributed by atoms with Gasteiger partial charge in [-0.15, -0.1) is 0 Å². The smallest absolute Gasteiger partial charge is 0.104 e. The van der Waals surface area contributed by atoms with Crippen molar-refractivity contribution in [2.24, 2.45) is 17.2 Å². The lowest BCUT2D eigenvalue weighted by molar-refractivity contribution is 1.03. The highest BCUT2D eigenvalue weighted by Crippen LogP contribution is 2.39. The summed E-state index contributed by atoms with van der Waals surface area (Å²) in [7, 11) is 2.92. The molecule has 0 aromatic rings. The topological polar surface area (TPSA) is 78.1 Å². The summed E-state index contributed by atoms with van der Waals surface area (Å²) in [4.78, 5) is 0. The van der Waals surface area contributed by atoms with Crippen molar-refractivity contribution in [3.05, 3.63) is 10.7 Å². The van der Waals surface area contributed by atoms with E-state index in [0.29, 0.717) is 10.7 Å². The van der Waals surface area contributed by atoms with Crippen LogP contribution in [0.4, 0.5) is 0 Å². The fourth-order valence-electron chi connectivity index (χ4n) is 0.344. The summed E-state index contributed by atoms with van der Waals surface area (Å²) < 4.78 is 0. The zero-order valence-electron chi connectivity index (χ0n) is 4.13. The van der Waals surface area contributed by atoms with Gasteiger partial charge in [-0.3, -0.25) is 0 Å². The van der Waals surface area contributed by atoms with Gasteiger partial charge >= 0.3 is 0 Å². The minimum atomic E-state index is -0.0972. The quantitative estimate of drug-likeness (QED) is 0.414. The van der Waals surface area contributed by atoms with Crippen LogP contribution in [0.15, 0.2) is 10.7 Å². The highest BCUT2D eigenvalue weighted by atomic mass is 33.1. The van der Waals surface area contributed by atoms with Crippen LogP contribution in [-0.4, -0.2) is 5.37 Å². The van der Waals surface area contributed by atoms with Crippen LogP contribution in [0.2, 0.25) is 0 Å². The molecule has 0 saturated carbocycles. The first-order valence-electron chi connectivity index (χ1n) is 2.06. The van der Waals surface area contributed by atoms with Gasteiger partial charge in [0.2, 0.25) is 0 Å². The van der Waals surface area contributed by atoms with Crippen molar-refractivity contribution < 1.29 is 0 Å². The zero-order chi connectivity index (χ0) is 6.15. The van der Waals surface area contributed by atoms with E-state index in [4.69, 9.17) is 17.2 Å². The van der Waals surface area contributed by atoms with Crippen LogP contribution in [0.5, 0.6) is 0 Å². The highest BCUT2D eigenvalue weighted by Gasteiger charge is 2.18. The van der Waals surface area contributed by atoms with Crippen LogP contribution in [0, 0.1) is 0 Å². The summed E-state index contributed by atoms with van der Waals surface area (Å²) in [6.45, 7) is 0. The summed E-state index contributed by atoms with van der Waals surface area (Å²) in [5.41, 5.74) is 16.9. The Morgan fingerprint density at radius 1 is 1.38 bits per heavy atom.